The summed E-state index contributed by atoms with van der Waals surface area (Å²) in [5.74, 6) is 0.305. The Morgan fingerprint density at radius 2 is 2.18 bits per heavy atom. The normalized spacial score (nSPS) is 21.3. The number of para-hydroxylation sites is 1. The minimum absolute atomic E-state index is 0.0789. The number of nitrogens with zero attached hydrogens (tertiary/aromatic N) is 1. The van der Waals surface area contributed by atoms with Crippen molar-refractivity contribution in [1.29, 1.82) is 0 Å². The molecule has 0 bridgehead atoms. The SMILES string of the molecule is Cc1c(C(=O)N2CCC(N)C(C)(C)C2)oc2c(Cl)cccc12. The highest BCUT2D eigenvalue weighted by Crippen LogP contribution is 2.33. The number of piperidine rings is 1. The number of carbonyl (C=O) groups is 1. The lowest BCUT2D eigenvalue weighted by Crippen LogP contribution is -2.54. The number of rotatable bonds is 1. The van der Waals surface area contributed by atoms with Crippen LogP contribution in [0.2, 0.25) is 5.02 Å². The molecule has 0 radical (unpaired) electrons. The summed E-state index contributed by atoms with van der Waals surface area (Å²) in [6.07, 6.45) is 0.804. The summed E-state index contributed by atoms with van der Waals surface area (Å²) in [6, 6.07) is 5.67. The predicted octanol–water partition coefficient (Wildman–Crippen LogP) is 3.59. The van der Waals surface area contributed by atoms with E-state index in [0.29, 0.717) is 29.5 Å². The van der Waals surface area contributed by atoms with Gasteiger partial charge in [-0.05, 0) is 24.8 Å². The van der Waals surface area contributed by atoms with Crippen molar-refractivity contribution in [3.8, 4) is 0 Å². The monoisotopic (exact) mass is 320 g/mol. The van der Waals surface area contributed by atoms with Crippen LogP contribution in [0.4, 0.5) is 0 Å². The lowest BCUT2D eigenvalue weighted by Gasteiger charge is -2.42. The number of fused-ring (bicyclic) bond motifs is 1. The molecule has 1 aliphatic rings. The number of halogens is 1. The number of benzene rings is 1. The van der Waals surface area contributed by atoms with Gasteiger partial charge in [-0.25, -0.2) is 0 Å². The summed E-state index contributed by atoms with van der Waals surface area (Å²) >= 11 is 6.16. The van der Waals surface area contributed by atoms with Gasteiger partial charge in [0.1, 0.15) is 0 Å². The molecule has 1 aliphatic heterocycles. The van der Waals surface area contributed by atoms with Crippen LogP contribution in [-0.2, 0) is 0 Å². The van der Waals surface area contributed by atoms with E-state index in [1.165, 1.54) is 0 Å². The Bertz CT molecular complexity index is 736. The van der Waals surface area contributed by atoms with E-state index in [4.69, 9.17) is 21.8 Å². The van der Waals surface area contributed by atoms with Crippen molar-refractivity contribution in [2.24, 2.45) is 11.1 Å². The lowest BCUT2D eigenvalue weighted by molar-refractivity contribution is 0.0504. The van der Waals surface area contributed by atoms with Crippen molar-refractivity contribution in [2.45, 2.75) is 33.2 Å². The molecule has 2 heterocycles. The Labute approximate surface area is 135 Å². The largest absolute Gasteiger partial charge is 0.449 e. The smallest absolute Gasteiger partial charge is 0.289 e. The fraction of sp³-hybridized carbons (Fsp3) is 0.471. The Kier molecular flexibility index (Phi) is 3.69. The van der Waals surface area contributed by atoms with Crippen LogP contribution in [0.15, 0.2) is 22.6 Å². The Balaban J connectivity index is 1.96. The van der Waals surface area contributed by atoms with E-state index < -0.39 is 0 Å². The zero-order valence-electron chi connectivity index (χ0n) is 13.1. The van der Waals surface area contributed by atoms with Gasteiger partial charge < -0.3 is 15.1 Å². The summed E-state index contributed by atoms with van der Waals surface area (Å²) in [7, 11) is 0. The third kappa shape index (κ3) is 2.40. The summed E-state index contributed by atoms with van der Waals surface area (Å²) in [6.45, 7) is 7.39. The summed E-state index contributed by atoms with van der Waals surface area (Å²) in [5.41, 5.74) is 7.48. The molecular formula is C17H21ClN2O2. The van der Waals surface area contributed by atoms with Gasteiger partial charge in [-0.2, -0.15) is 0 Å². The maximum absolute atomic E-state index is 12.8. The molecule has 1 atom stereocenters. The first-order valence-electron chi connectivity index (χ1n) is 7.54. The average molecular weight is 321 g/mol. The van der Waals surface area contributed by atoms with Gasteiger partial charge in [0.25, 0.3) is 5.91 Å². The molecule has 1 aromatic heterocycles. The van der Waals surface area contributed by atoms with Crippen LogP contribution in [-0.4, -0.2) is 29.9 Å². The molecule has 0 spiro atoms. The summed E-state index contributed by atoms with van der Waals surface area (Å²) in [4.78, 5) is 14.7. The second-order valence-corrected chi connectivity index (χ2v) is 7.19. The number of likely N-dealkylation sites (tertiary alicyclic amines) is 1. The second-order valence-electron chi connectivity index (χ2n) is 6.78. The van der Waals surface area contributed by atoms with Gasteiger partial charge in [0, 0.05) is 30.1 Å². The van der Waals surface area contributed by atoms with Crippen molar-refractivity contribution in [2.75, 3.05) is 13.1 Å². The molecule has 2 N–H and O–H groups in total. The molecule has 0 aliphatic carbocycles. The number of hydrogen-bond acceptors (Lipinski definition) is 3. The van der Waals surface area contributed by atoms with E-state index in [9.17, 15) is 4.79 Å². The van der Waals surface area contributed by atoms with Gasteiger partial charge in [-0.3, -0.25) is 4.79 Å². The molecule has 3 rings (SSSR count). The average Bonchev–Trinajstić information content (AvgIpc) is 2.80. The fourth-order valence-electron chi connectivity index (χ4n) is 3.10. The predicted molar refractivity (Wildman–Crippen MR) is 88.2 cm³/mol. The number of aryl methyl sites for hydroxylation is 1. The molecule has 1 unspecified atom stereocenters. The standard InChI is InChI=1S/C17H21ClN2O2/c1-10-11-5-4-6-12(18)15(11)22-14(10)16(21)20-8-7-13(19)17(2,3)9-20/h4-6,13H,7-9,19H2,1-3H3. The van der Waals surface area contributed by atoms with Crippen molar-refractivity contribution in [1.82, 2.24) is 4.90 Å². The van der Waals surface area contributed by atoms with Gasteiger partial charge >= 0.3 is 0 Å². The molecule has 0 saturated carbocycles. The lowest BCUT2D eigenvalue weighted by atomic mass is 9.79. The molecule has 4 nitrogen and oxygen atoms in total. The topological polar surface area (TPSA) is 59.5 Å². The van der Waals surface area contributed by atoms with Crippen LogP contribution in [0.3, 0.4) is 0 Å². The van der Waals surface area contributed by atoms with E-state index >= 15 is 0 Å². The van der Waals surface area contributed by atoms with Crippen LogP contribution in [0.5, 0.6) is 0 Å². The number of hydrogen-bond donors (Lipinski definition) is 1. The highest BCUT2D eigenvalue weighted by molar-refractivity contribution is 6.35. The van der Waals surface area contributed by atoms with Gasteiger partial charge in [-0.15, -0.1) is 0 Å². The van der Waals surface area contributed by atoms with E-state index in [0.717, 1.165) is 17.4 Å². The van der Waals surface area contributed by atoms with Gasteiger partial charge in [0.05, 0.1) is 5.02 Å². The highest BCUT2D eigenvalue weighted by atomic mass is 35.5. The first kappa shape index (κ1) is 15.4. The zero-order valence-corrected chi connectivity index (χ0v) is 13.9. The molecule has 1 saturated heterocycles. The molecular weight excluding hydrogens is 300 g/mol. The van der Waals surface area contributed by atoms with Crippen LogP contribution in [0.1, 0.15) is 36.4 Å². The molecule has 22 heavy (non-hydrogen) atoms. The number of nitrogens with two attached hydrogens (primary N) is 1. The second kappa shape index (κ2) is 5.28. The summed E-state index contributed by atoms with van der Waals surface area (Å²) in [5, 5.41) is 1.42. The Hall–Kier alpha value is -1.52. The number of amides is 1. The molecule has 1 fully saturated rings. The minimum atomic E-state index is -0.0918. The maximum atomic E-state index is 12.8. The third-order valence-electron chi connectivity index (χ3n) is 4.71. The molecule has 5 heteroatoms. The maximum Gasteiger partial charge on any atom is 0.289 e. The van der Waals surface area contributed by atoms with E-state index in [1.807, 2.05) is 24.0 Å². The van der Waals surface area contributed by atoms with E-state index in [1.54, 1.807) is 6.07 Å². The van der Waals surface area contributed by atoms with Crippen LogP contribution in [0, 0.1) is 12.3 Å². The minimum Gasteiger partial charge on any atom is -0.449 e. The highest BCUT2D eigenvalue weighted by Gasteiger charge is 2.37. The first-order valence-corrected chi connectivity index (χ1v) is 7.91. The van der Waals surface area contributed by atoms with Crippen LogP contribution in [0.25, 0.3) is 11.0 Å². The van der Waals surface area contributed by atoms with Gasteiger partial charge in [0.15, 0.2) is 11.3 Å². The molecule has 118 valence electrons. The number of carbonyl (C=O) groups excluding carboxylic acids is 1. The van der Waals surface area contributed by atoms with Crippen molar-refractivity contribution in [3.63, 3.8) is 0 Å². The van der Waals surface area contributed by atoms with E-state index in [-0.39, 0.29) is 17.4 Å². The zero-order chi connectivity index (χ0) is 16.1. The van der Waals surface area contributed by atoms with E-state index in [2.05, 4.69) is 13.8 Å². The number of furan rings is 1. The van der Waals surface area contributed by atoms with Crippen LogP contribution < -0.4 is 5.73 Å². The first-order chi connectivity index (χ1) is 10.3. The van der Waals surface area contributed by atoms with Gasteiger partial charge in [0.2, 0.25) is 0 Å². The fourth-order valence-corrected chi connectivity index (χ4v) is 3.32. The quantitative estimate of drug-likeness (QED) is 0.873. The van der Waals surface area contributed by atoms with Crippen molar-refractivity contribution >= 4 is 28.5 Å². The van der Waals surface area contributed by atoms with Crippen LogP contribution >= 0.6 is 11.6 Å². The molecule has 1 aromatic carbocycles. The van der Waals surface area contributed by atoms with Crippen molar-refractivity contribution < 1.29 is 9.21 Å². The Morgan fingerprint density at radius 3 is 2.82 bits per heavy atom. The van der Waals surface area contributed by atoms with Crippen molar-refractivity contribution in [3.05, 3.63) is 34.5 Å². The molecule has 2 aromatic rings. The summed E-state index contributed by atoms with van der Waals surface area (Å²) < 4.78 is 5.79. The Morgan fingerprint density at radius 1 is 1.45 bits per heavy atom. The molecule has 1 amide bonds. The van der Waals surface area contributed by atoms with Gasteiger partial charge in [-0.1, -0.05) is 37.6 Å². The third-order valence-corrected chi connectivity index (χ3v) is 5.01.